The fourth-order valence-corrected chi connectivity index (χ4v) is 3.94. The molecule has 0 atom stereocenters. The summed E-state index contributed by atoms with van der Waals surface area (Å²) in [6.07, 6.45) is 1.03. The average Bonchev–Trinajstić information content (AvgIpc) is 2.85. The fraction of sp³-hybridized carbons (Fsp3) is 0.391. The molecule has 3 aromatic rings. The molecule has 0 amide bonds. The minimum Gasteiger partial charge on any atom is -0.340 e. The molecule has 2 aromatic carbocycles. The minimum atomic E-state index is 0.0711. The number of hydrogen-bond acceptors (Lipinski definition) is 3. The Morgan fingerprint density at radius 2 is 1.30 bits per heavy atom. The van der Waals surface area contributed by atoms with Gasteiger partial charge in [-0.25, -0.2) is 0 Å². The van der Waals surface area contributed by atoms with E-state index in [0.717, 1.165) is 63.6 Å². The van der Waals surface area contributed by atoms with Gasteiger partial charge in [-0.2, -0.15) is 0 Å². The van der Waals surface area contributed by atoms with Crippen LogP contribution in [0.25, 0.3) is 21.8 Å². The fourth-order valence-electron chi connectivity index (χ4n) is 3.94. The molecule has 0 unspecified atom stereocenters. The Labute approximate surface area is 160 Å². The van der Waals surface area contributed by atoms with Crippen molar-refractivity contribution >= 4 is 33.4 Å². The van der Waals surface area contributed by atoms with Crippen LogP contribution in [-0.4, -0.2) is 41.7 Å². The molecule has 0 N–H and O–H groups in total. The van der Waals surface area contributed by atoms with Crippen LogP contribution in [0.15, 0.2) is 24.3 Å². The summed E-state index contributed by atoms with van der Waals surface area (Å²) in [6, 6.07) is 8.23. The summed E-state index contributed by atoms with van der Waals surface area (Å²) in [5, 5.41) is 2.10. The highest BCUT2D eigenvalue weighted by molar-refractivity contribution is 6.13. The number of aryl methyl sites for hydroxylation is 3. The Morgan fingerprint density at radius 3 is 1.67 bits per heavy atom. The molecule has 142 valence electrons. The summed E-state index contributed by atoms with van der Waals surface area (Å²) >= 11 is 0. The number of rotatable bonds is 6. The summed E-state index contributed by atoms with van der Waals surface area (Å²) in [5.41, 5.74) is 5.75. The van der Waals surface area contributed by atoms with Crippen molar-refractivity contribution in [3.05, 3.63) is 46.5 Å². The second-order valence-electron chi connectivity index (χ2n) is 7.79. The Bertz CT molecular complexity index is 980. The summed E-state index contributed by atoms with van der Waals surface area (Å²) in [5.74, 6) is 0.142. The number of nitrogens with zero attached hydrogens (tertiary/aromatic N) is 2. The quantitative estimate of drug-likeness (QED) is 0.592. The van der Waals surface area contributed by atoms with Crippen molar-refractivity contribution in [1.82, 2.24) is 9.47 Å². The maximum atomic E-state index is 12.1. The van der Waals surface area contributed by atoms with E-state index in [4.69, 9.17) is 0 Å². The third-order valence-corrected chi connectivity index (χ3v) is 5.30. The van der Waals surface area contributed by atoms with Crippen LogP contribution in [0.2, 0.25) is 0 Å². The van der Waals surface area contributed by atoms with E-state index < -0.39 is 0 Å². The van der Waals surface area contributed by atoms with Gasteiger partial charge in [0.05, 0.1) is 0 Å². The number of fused-ring (bicyclic) bond motifs is 3. The molecule has 4 heteroatoms. The number of benzene rings is 2. The highest BCUT2D eigenvalue weighted by atomic mass is 16.1. The van der Waals surface area contributed by atoms with Crippen LogP contribution >= 0.6 is 0 Å². The predicted octanol–water partition coefficient (Wildman–Crippen LogP) is 4.77. The van der Waals surface area contributed by atoms with E-state index in [9.17, 15) is 9.59 Å². The van der Waals surface area contributed by atoms with Crippen molar-refractivity contribution in [2.24, 2.45) is 0 Å². The molecule has 0 fully saturated rings. The lowest BCUT2D eigenvalue weighted by atomic mass is 9.99. The molecule has 3 rings (SSSR count). The lowest BCUT2D eigenvalue weighted by molar-refractivity contribution is 0.100. The second kappa shape index (κ2) is 7.28. The van der Waals surface area contributed by atoms with Crippen LogP contribution in [0.5, 0.6) is 0 Å². The third kappa shape index (κ3) is 3.54. The molecule has 0 saturated heterocycles. The molecule has 1 heterocycles. The Balaban J connectivity index is 2.32. The van der Waals surface area contributed by atoms with Crippen molar-refractivity contribution in [3.63, 3.8) is 0 Å². The molecule has 27 heavy (non-hydrogen) atoms. The van der Waals surface area contributed by atoms with E-state index in [0.29, 0.717) is 0 Å². The van der Waals surface area contributed by atoms with Gasteiger partial charge in [0.2, 0.25) is 0 Å². The maximum absolute atomic E-state index is 12.1. The van der Waals surface area contributed by atoms with Gasteiger partial charge in [0.25, 0.3) is 0 Å². The first kappa shape index (κ1) is 19.3. The first-order valence-corrected chi connectivity index (χ1v) is 9.44. The smallest absolute Gasteiger partial charge is 0.160 e. The lowest BCUT2D eigenvalue weighted by Gasteiger charge is -2.12. The molecule has 0 radical (unpaired) electrons. The zero-order chi connectivity index (χ0) is 19.9. The maximum Gasteiger partial charge on any atom is 0.160 e. The summed E-state index contributed by atoms with van der Waals surface area (Å²) in [7, 11) is 4.16. The SMILES string of the molecule is CC(=O)c1cc2c3cc(C(C)=O)c(C)cc3n(CCCN(C)C)c2cc1C. The summed E-state index contributed by atoms with van der Waals surface area (Å²) < 4.78 is 2.34. The first-order valence-electron chi connectivity index (χ1n) is 9.44. The summed E-state index contributed by atoms with van der Waals surface area (Å²) in [6.45, 7) is 9.10. The van der Waals surface area contributed by atoms with E-state index in [-0.39, 0.29) is 11.6 Å². The van der Waals surface area contributed by atoms with Crippen molar-refractivity contribution < 1.29 is 9.59 Å². The van der Waals surface area contributed by atoms with Crippen molar-refractivity contribution in [3.8, 4) is 0 Å². The van der Waals surface area contributed by atoms with E-state index >= 15 is 0 Å². The van der Waals surface area contributed by atoms with E-state index in [1.807, 2.05) is 26.0 Å². The normalized spacial score (nSPS) is 11.7. The Morgan fingerprint density at radius 1 is 0.852 bits per heavy atom. The monoisotopic (exact) mass is 364 g/mol. The highest BCUT2D eigenvalue weighted by Gasteiger charge is 2.17. The molecule has 1 aromatic heterocycles. The van der Waals surface area contributed by atoms with Crippen LogP contribution in [0.4, 0.5) is 0 Å². The van der Waals surface area contributed by atoms with Crippen molar-refractivity contribution in [2.45, 2.75) is 40.7 Å². The molecule has 4 nitrogen and oxygen atoms in total. The zero-order valence-electron chi connectivity index (χ0n) is 17.1. The number of ketones is 2. The Hall–Kier alpha value is -2.46. The van der Waals surface area contributed by atoms with Crippen molar-refractivity contribution in [1.29, 1.82) is 0 Å². The molecular weight excluding hydrogens is 336 g/mol. The van der Waals surface area contributed by atoms with Crippen LogP contribution in [-0.2, 0) is 6.54 Å². The van der Waals surface area contributed by atoms with Crippen molar-refractivity contribution in [2.75, 3.05) is 20.6 Å². The summed E-state index contributed by atoms with van der Waals surface area (Å²) in [4.78, 5) is 26.3. The van der Waals surface area contributed by atoms with Gasteiger partial charge in [-0.05, 0) is 90.1 Å². The molecule has 0 aliphatic rings. The Kier molecular flexibility index (Phi) is 5.20. The van der Waals surface area contributed by atoms with Crippen LogP contribution < -0.4 is 0 Å². The number of hydrogen-bond donors (Lipinski definition) is 0. The first-order chi connectivity index (χ1) is 12.7. The van der Waals surface area contributed by atoms with Gasteiger partial charge in [0, 0.05) is 39.5 Å². The van der Waals surface area contributed by atoms with Gasteiger partial charge in [-0.15, -0.1) is 0 Å². The van der Waals surface area contributed by atoms with Gasteiger partial charge in [-0.1, -0.05) is 0 Å². The van der Waals surface area contributed by atoms with Crippen LogP contribution in [0, 0.1) is 13.8 Å². The largest absolute Gasteiger partial charge is 0.340 e. The topological polar surface area (TPSA) is 42.3 Å². The second-order valence-corrected chi connectivity index (χ2v) is 7.79. The van der Waals surface area contributed by atoms with Gasteiger partial charge in [0.15, 0.2) is 11.6 Å². The van der Waals surface area contributed by atoms with E-state index in [2.05, 4.69) is 35.7 Å². The van der Waals surface area contributed by atoms with Gasteiger partial charge in [0.1, 0.15) is 0 Å². The molecule has 0 bridgehead atoms. The molecular formula is C23H28N2O2. The molecule has 0 aliphatic heterocycles. The van der Waals surface area contributed by atoms with Crippen LogP contribution in [0.3, 0.4) is 0 Å². The highest BCUT2D eigenvalue weighted by Crippen LogP contribution is 2.33. The third-order valence-electron chi connectivity index (χ3n) is 5.30. The average molecular weight is 364 g/mol. The standard InChI is InChI=1S/C23H28N2O2/c1-14-10-22-20(12-18(14)16(3)26)21-13-19(17(4)27)15(2)11-23(21)25(22)9-7-8-24(5)6/h10-13H,7-9H2,1-6H3. The number of Topliss-reactive ketones (excluding diaryl/α,β-unsaturated/α-hetero) is 2. The van der Waals surface area contributed by atoms with Gasteiger partial charge < -0.3 is 9.47 Å². The van der Waals surface area contributed by atoms with Gasteiger partial charge in [-0.3, -0.25) is 9.59 Å². The number of carbonyl (C=O) groups is 2. The van der Waals surface area contributed by atoms with Crippen LogP contribution in [0.1, 0.15) is 52.1 Å². The molecule has 0 aliphatic carbocycles. The predicted molar refractivity (Wildman–Crippen MR) is 112 cm³/mol. The number of carbonyl (C=O) groups excluding carboxylic acids is 2. The van der Waals surface area contributed by atoms with Gasteiger partial charge >= 0.3 is 0 Å². The molecule has 0 saturated carbocycles. The lowest BCUT2D eigenvalue weighted by Crippen LogP contribution is -2.15. The van der Waals surface area contributed by atoms with E-state index in [1.54, 1.807) is 13.8 Å². The van der Waals surface area contributed by atoms with E-state index in [1.165, 1.54) is 0 Å². The minimum absolute atomic E-state index is 0.0711. The molecule has 0 spiro atoms. The zero-order valence-corrected chi connectivity index (χ0v) is 17.1. The number of aromatic nitrogens is 1.